The van der Waals surface area contributed by atoms with Gasteiger partial charge in [-0.3, -0.25) is 9.69 Å². The predicted molar refractivity (Wildman–Crippen MR) is 65.0 cm³/mol. The van der Waals surface area contributed by atoms with Crippen LogP contribution in [0.5, 0.6) is 0 Å². The van der Waals surface area contributed by atoms with Gasteiger partial charge in [-0.2, -0.15) is 0 Å². The molecule has 0 aliphatic carbocycles. The highest BCUT2D eigenvalue weighted by Crippen LogP contribution is 2.30. The summed E-state index contributed by atoms with van der Waals surface area (Å²) in [6.07, 6.45) is 0.713. The molecule has 1 N–H and O–H groups in total. The summed E-state index contributed by atoms with van der Waals surface area (Å²) in [6.45, 7) is 2.49. The van der Waals surface area contributed by atoms with E-state index in [0.717, 1.165) is 5.56 Å². The van der Waals surface area contributed by atoms with Crippen LogP contribution in [0.3, 0.4) is 0 Å². The highest BCUT2D eigenvalue weighted by molar-refractivity contribution is 5.85. The normalized spacial score (nSPS) is 19.3. The standard InChI is InChI=1S/C12H14FNO2.ClH/c1-8-12-9(3-2-4-10(12)13)5-6-14(8)7-11(15)16;/h2-4,8H,5-7H2,1H3,(H,15,16);1H. The third kappa shape index (κ3) is 2.76. The molecule has 0 radical (unpaired) electrons. The molecule has 0 fully saturated rings. The number of hydrogen-bond acceptors (Lipinski definition) is 2. The van der Waals surface area contributed by atoms with Gasteiger partial charge in [0.1, 0.15) is 5.82 Å². The highest BCUT2D eigenvalue weighted by atomic mass is 35.5. The van der Waals surface area contributed by atoms with E-state index in [4.69, 9.17) is 5.11 Å². The van der Waals surface area contributed by atoms with Gasteiger partial charge in [-0.05, 0) is 25.0 Å². The third-order valence-electron chi connectivity index (χ3n) is 3.12. The topological polar surface area (TPSA) is 40.5 Å². The number of carbonyl (C=O) groups is 1. The summed E-state index contributed by atoms with van der Waals surface area (Å²) in [5, 5.41) is 8.77. The van der Waals surface area contributed by atoms with Crippen molar-refractivity contribution in [3.8, 4) is 0 Å². The lowest BCUT2D eigenvalue weighted by Crippen LogP contribution is -2.38. The monoisotopic (exact) mass is 259 g/mol. The van der Waals surface area contributed by atoms with Crippen molar-refractivity contribution in [1.29, 1.82) is 0 Å². The minimum absolute atomic E-state index is 0. The fourth-order valence-corrected chi connectivity index (χ4v) is 2.30. The number of fused-ring (bicyclic) bond motifs is 1. The molecule has 1 atom stereocenters. The average Bonchev–Trinajstić information content (AvgIpc) is 2.22. The Morgan fingerprint density at radius 2 is 2.29 bits per heavy atom. The molecular formula is C12H15ClFNO2. The van der Waals surface area contributed by atoms with Crippen LogP contribution >= 0.6 is 12.4 Å². The molecule has 94 valence electrons. The number of carboxylic acid groups (broad SMARTS) is 1. The molecule has 3 nitrogen and oxygen atoms in total. The van der Waals surface area contributed by atoms with Gasteiger partial charge in [0.05, 0.1) is 6.54 Å². The second-order valence-corrected chi connectivity index (χ2v) is 4.10. The van der Waals surface area contributed by atoms with E-state index in [0.29, 0.717) is 18.5 Å². The summed E-state index contributed by atoms with van der Waals surface area (Å²) < 4.78 is 13.7. The van der Waals surface area contributed by atoms with Crippen LogP contribution < -0.4 is 0 Å². The molecule has 1 aliphatic heterocycles. The van der Waals surface area contributed by atoms with Crippen LogP contribution in [0, 0.1) is 5.82 Å². The lowest BCUT2D eigenvalue weighted by Gasteiger charge is -2.34. The highest BCUT2D eigenvalue weighted by Gasteiger charge is 2.27. The maximum atomic E-state index is 13.7. The summed E-state index contributed by atoms with van der Waals surface area (Å²) in [7, 11) is 0. The van der Waals surface area contributed by atoms with E-state index < -0.39 is 5.97 Å². The Morgan fingerprint density at radius 1 is 1.59 bits per heavy atom. The number of hydrogen-bond donors (Lipinski definition) is 1. The molecule has 1 aromatic carbocycles. The molecule has 1 aliphatic rings. The summed E-state index contributed by atoms with van der Waals surface area (Å²) in [4.78, 5) is 12.5. The Labute approximate surface area is 106 Å². The van der Waals surface area contributed by atoms with Crippen LogP contribution in [-0.2, 0) is 11.2 Å². The number of aliphatic carboxylic acids is 1. The van der Waals surface area contributed by atoms with Crippen molar-refractivity contribution in [2.24, 2.45) is 0 Å². The molecule has 5 heteroatoms. The molecule has 0 aromatic heterocycles. The second kappa shape index (κ2) is 5.47. The van der Waals surface area contributed by atoms with Crippen molar-refractivity contribution in [2.75, 3.05) is 13.1 Å². The van der Waals surface area contributed by atoms with E-state index >= 15 is 0 Å². The zero-order valence-electron chi connectivity index (χ0n) is 9.52. The van der Waals surface area contributed by atoms with Crippen LogP contribution in [0.25, 0.3) is 0 Å². The van der Waals surface area contributed by atoms with Gasteiger partial charge in [-0.1, -0.05) is 12.1 Å². The Hall–Kier alpha value is -1.13. The molecule has 0 amide bonds. The molecule has 2 rings (SSSR count). The lowest BCUT2D eigenvalue weighted by molar-refractivity contribution is -0.139. The maximum Gasteiger partial charge on any atom is 0.317 e. The molecular weight excluding hydrogens is 245 g/mol. The Kier molecular flexibility index (Phi) is 4.48. The first-order valence-corrected chi connectivity index (χ1v) is 5.32. The largest absolute Gasteiger partial charge is 0.480 e. The smallest absolute Gasteiger partial charge is 0.317 e. The van der Waals surface area contributed by atoms with E-state index in [1.54, 1.807) is 11.0 Å². The summed E-state index contributed by atoms with van der Waals surface area (Å²) >= 11 is 0. The van der Waals surface area contributed by atoms with Crippen LogP contribution in [0.4, 0.5) is 4.39 Å². The van der Waals surface area contributed by atoms with Crippen molar-refractivity contribution >= 4 is 18.4 Å². The fraction of sp³-hybridized carbons (Fsp3) is 0.417. The zero-order valence-corrected chi connectivity index (χ0v) is 10.3. The van der Waals surface area contributed by atoms with E-state index in [9.17, 15) is 9.18 Å². The molecule has 1 aromatic rings. The minimum Gasteiger partial charge on any atom is -0.480 e. The molecule has 0 saturated heterocycles. The van der Waals surface area contributed by atoms with Crippen molar-refractivity contribution in [1.82, 2.24) is 4.90 Å². The molecule has 17 heavy (non-hydrogen) atoms. The van der Waals surface area contributed by atoms with Crippen molar-refractivity contribution in [3.05, 3.63) is 35.1 Å². The summed E-state index contributed by atoms with van der Waals surface area (Å²) in [5.74, 6) is -1.10. The van der Waals surface area contributed by atoms with Crippen LogP contribution in [0.15, 0.2) is 18.2 Å². The van der Waals surface area contributed by atoms with Gasteiger partial charge in [0.2, 0.25) is 0 Å². The Balaban J connectivity index is 0.00000144. The van der Waals surface area contributed by atoms with Gasteiger partial charge in [0.15, 0.2) is 0 Å². The van der Waals surface area contributed by atoms with Crippen molar-refractivity contribution in [2.45, 2.75) is 19.4 Å². The van der Waals surface area contributed by atoms with Gasteiger partial charge < -0.3 is 5.11 Å². The van der Waals surface area contributed by atoms with Crippen LogP contribution in [0.1, 0.15) is 24.1 Å². The first-order chi connectivity index (χ1) is 7.59. The second-order valence-electron chi connectivity index (χ2n) is 4.10. The van der Waals surface area contributed by atoms with Crippen LogP contribution in [-0.4, -0.2) is 29.1 Å². The number of benzene rings is 1. The molecule has 0 saturated carbocycles. The van der Waals surface area contributed by atoms with Gasteiger partial charge in [0, 0.05) is 18.2 Å². The average molecular weight is 260 g/mol. The molecule has 0 spiro atoms. The van der Waals surface area contributed by atoms with Gasteiger partial charge in [0.25, 0.3) is 0 Å². The number of carboxylic acids is 1. The summed E-state index contributed by atoms with van der Waals surface area (Å²) in [6, 6.07) is 4.88. The zero-order chi connectivity index (χ0) is 11.7. The fourth-order valence-electron chi connectivity index (χ4n) is 2.30. The SMILES string of the molecule is CC1c2c(F)cccc2CCN1CC(=O)O.Cl. The summed E-state index contributed by atoms with van der Waals surface area (Å²) in [5.41, 5.74) is 1.64. The van der Waals surface area contributed by atoms with Gasteiger partial charge in [-0.25, -0.2) is 4.39 Å². The van der Waals surface area contributed by atoms with Gasteiger partial charge >= 0.3 is 5.97 Å². The molecule has 0 bridgehead atoms. The lowest BCUT2D eigenvalue weighted by atomic mass is 9.93. The van der Waals surface area contributed by atoms with E-state index in [1.165, 1.54) is 6.07 Å². The van der Waals surface area contributed by atoms with E-state index in [2.05, 4.69) is 0 Å². The van der Waals surface area contributed by atoms with Crippen LogP contribution in [0.2, 0.25) is 0 Å². The maximum absolute atomic E-state index is 13.7. The first kappa shape index (κ1) is 13.9. The molecule has 1 heterocycles. The van der Waals surface area contributed by atoms with Crippen molar-refractivity contribution < 1.29 is 14.3 Å². The Morgan fingerprint density at radius 3 is 2.94 bits per heavy atom. The van der Waals surface area contributed by atoms with Gasteiger partial charge in [-0.15, -0.1) is 12.4 Å². The first-order valence-electron chi connectivity index (χ1n) is 5.32. The minimum atomic E-state index is -0.869. The number of halogens is 2. The Bertz CT molecular complexity index is 425. The quantitative estimate of drug-likeness (QED) is 0.886. The van der Waals surface area contributed by atoms with E-state index in [1.807, 2.05) is 13.0 Å². The predicted octanol–water partition coefficient (Wildman–Crippen LogP) is 2.25. The van der Waals surface area contributed by atoms with Crippen molar-refractivity contribution in [3.63, 3.8) is 0 Å². The number of rotatable bonds is 2. The molecule has 1 unspecified atom stereocenters. The van der Waals surface area contributed by atoms with E-state index in [-0.39, 0.29) is 30.8 Å². The third-order valence-corrected chi connectivity index (χ3v) is 3.12. The number of nitrogens with zero attached hydrogens (tertiary/aromatic N) is 1.